The SMILES string of the molecule is O=C(CC1C=CCC1)Nc1cncc(Cl)n1. The van der Waals surface area contributed by atoms with Gasteiger partial charge in [0.1, 0.15) is 5.15 Å². The monoisotopic (exact) mass is 237 g/mol. The van der Waals surface area contributed by atoms with Crippen molar-refractivity contribution in [1.29, 1.82) is 0 Å². The first-order valence-corrected chi connectivity index (χ1v) is 5.56. The maximum atomic E-state index is 11.6. The molecule has 0 saturated carbocycles. The van der Waals surface area contributed by atoms with E-state index in [1.807, 2.05) is 0 Å². The smallest absolute Gasteiger partial charge is 0.226 e. The molecular formula is C11H12ClN3O. The Bertz CT molecular complexity index is 419. The number of nitrogens with zero attached hydrogens (tertiary/aromatic N) is 2. The normalized spacial score (nSPS) is 18.7. The number of amides is 1. The lowest BCUT2D eigenvalue weighted by Crippen LogP contribution is -2.15. The average molecular weight is 238 g/mol. The van der Waals surface area contributed by atoms with Gasteiger partial charge in [-0.1, -0.05) is 23.8 Å². The highest BCUT2D eigenvalue weighted by molar-refractivity contribution is 6.29. The largest absolute Gasteiger partial charge is 0.309 e. The van der Waals surface area contributed by atoms with Crippen molar-refractivity contribution in [3.63, 3.8) is 0 Å². The first kappa shape index (κ1) is 11.1. The number of carbonyl (C=O) groups is 1. The first-order chi connectivity index (χ1) is 7.74. The van der Waals surface area contributed by atoms with E-state index in [9.17, 15) is 4.79 Å². The molecule has 0 aliphatic heterocycles. The third kappa shape index (κ3) is 3.03. The van der Waals surface area contributed by atoms with Gasteiger partial charge >= 0.3 is 0 Å². The lowest BCUT2D eigenvalue weighted by Gasteiger charge is -2.07. The van der Waals surface area contributed by atoms with Gasteiger partial charge in [-0.25, -0.2) is 4.98 Å². The zero-order chi connectivity index (χ0) is 11.4. The van der Waals surface area contributed by atoms with Crippen molar-refractivity contribution in [2.24, 2.45) is 5.92 Å². The minimum absolute atomic E-state index is 0.0480. The molecule has 5 heteroatoms. The van der Waals surface area contributed by atoms with Crippen molar-refractivity contribution in [1.82, 2.24) is 9.97 Å². The molecular weight excluding hydrogens is 226 g/mol. The van der Waals surface area contributed by atoms with E-state index in [1.54, 1.807) is 0 Å². The zero-order valence-electron chi connectivity index (χ0n) is 8.69. The minimum atomic E-state index is -0.0480. The van der Waals surface area contributed by atoms with Crippen LogP contribution in [-0.4, -0.2) is 15.9 Å². The fourth-order valence-electron chi connectivity index (χ4n) is 1.70. The number of carbonyl (C=O) groups excluding carboxylic acids is 1. The summed E-state index contributed by atoms with van der Waals surface area (Å²) in [5.41, 5.74) is 0. The van der Waals surface area contributed by atoms with Crippen molar-refractivity contribution in [2.45, 2.75) is 19.3 Å². The summed E-state index contributed by atoms with van der Waals surface area (Å²) >= 11 is 5.66. The Balaban J connectivity index is 1.89. The molecule has 0 saturated heterocycles. The molecule has 4 nitrogen and oxygen atoms in total. The number of hydrogen-bond acceptors (Lipinski definition) is 3. The molecule has 1 aromatic heterocycles. The van der Waals surface area contributed by atoms with E-state index in [1.165, 1.54) is 12.4 Å². The highest BCUT2D eigenvalue weighted by atomic mass is 35.5. The molecule has 1 unspecified atom stereocenters. The van der Waals surface area contributed by atoms with Crippen molar-refractivity contribution >= 4 is 23.3 Å². The minimum Gasteiger partial charge on any atom is -0.309 e. The van der Waals surface area contributed by atoms with Crippen LogP contribution in [0.5, 0.6) is 0 Å². The quantitative estimate of drug-likeness (QED) is 0.822. The van der Waals surface area contributed by atoms with E-state index >= 15 is 0 Å². The maximum absolute atomic E-state index is 11.6. The van der Waals surface area contributed by atoms with Crippen LogP contribution in [0.2, 0.25) is 5.15 Å². The predicted octanol–water partition coefficient (Wildman–Crippen LogP) is 2.42. The summed E-state index contributed by atoms with van der Waals surface area (Å²) in [4.78, 5) is 19.4. The lowest BCUT2D eigenvalue weighted by atomic mass is 10.1. The number of allylic oxidation sites excluding steroid dienone is 2. The van der Waals surface area contributed by atoms with Crippen LogP contribution in [0.25, 0.3) is 0 Å². The molecule has 1 amide bonds. The third-order valence-electron chi connectivity index (χ3n) is 2.43. The fourth-order valence-corrected chi connectivity index (χ4v) is 1.85. The van der Waals surface area contributed by atoms with Crippen LogP contribution in [0.1, 0.15) is 19.3 Å². The van der Waals surface area contributed by atoms with Crippen LogP contribution >= 0.6 is 11.6 Å². The average Bonchev–Trinajstić information content (AvgIpc) is 2.70. The van der Waals surface area contributed by atoms with E-state index in [0.29, 0.717) is 18.2 Å². The zero-order valence-corrected chi connectivity index (χ0v) is 9.44. The van der Waals surface area contributed by atoms with Crippen LogP contribution in [0.4, 0.5) is 5.82 Å². The molecule has 1 aliphatic rings. The molecule has 0 fully saturated rings. The predicted molar refractivity (Wildman–Crippen MR) is 62.2 cm³/mol. The van der Waals surface area contributed by atoms with Gasteiger partial charge < -0.3 is 5.32 Å². The van der Waals surface area contributed by atoms with Gasteiger partial charge in [0.15, 0.2) is 5.82 Å². The number of anilines is 1. The topological polar surface area (TPSA) is 54.9 Å². The Hall–Kier alpha value is -1.42. The number of aromatic nitrogens is 2. The summed E-state index contributed by atoms with van der Waals surface area (Å²) in [5, 5.41) is 2.96. The number of rotatable bonds is 3. The highest BCUT2D eigenvalue weighted by Crippen LogP contribution is 2.20. The van der Waals surface area contributed by atoms with E-state index in [2.05, 4.69) is 27.4 Å². The molecule has 1 atom stereocenters. The molecule has 0 spiro atoms. The summed E-state index contributed by atoms with van der Waals surface area (Å²) in [7, 11) is 0. The second-order valence-electron chi connectivity index (χ2n) is 3.74. The number of halogens is 1. The van der Waals surface area contributed by atoms with E-state index < -0.39 is 0 Å². The maximum Gasteiger partial charge on any atom is 0.226 e. The second kappa shape index (κ2) is 5.07. The van der Waals surface area contributed by atoms with Gasteiger partial charge in [0.25, 0.3) is 0 Å². The van der Waals surface area contributed by atoms with Gasteiger partial charge in [-0.15, -0.1) is 0 Å². The van der Waals surface area contributed by atoms with E-state index in [0.717, 1.165) is 12.8 Å². The van der Waals surface area contributed by atoms with Gasteiger partial charge in [-0.05, 0) is 18.8 Å². The molecule has 1 heterocycles. The van der Waals surface area contributed by atoms with Crippen LogP contribution in [0.15, 0.2) is 24.5 Å². The second-order valence-corrected chi connectivity index (χ2v) is 4.13. The van der Waals surface area contributed by atoms with Gasteiger partial charge in [0, 0.05) is 6.42 Å². The van der Waals surface area contributed by atoms with Crippen LogP contribution in [-0.2, 0) is 4.79 Å². The van der Waals surface area contributed by atoms with Gasteiger partial charge in [-0.3, -0.25) is 9.78 Å². The van der Waals surface area contributed by atoms with Crippen LogP contribution in [0, 0.1) is 5.92 Å². The van der Waals surface area contributed by atoms with E-state index in [4.69, 9.17) is 11.6 Å². The first-order valence-electron chi connectivity index (χ1n) is 5.18. The van der Waals surface area contributed by atoms with Gasteiger partial charge in [0.05, 0.1) is 12.4 Å². The van der Waals surface area contributed by atoms with E-state index in [-0.39, 0.29) is 11.1 Å². The Labute approximate surface area is 98.7 Å². The molecule has 84 valence electrons. The summed E-state index contributed by atoms with van der Waals surface area (Å²) in [6, 6.07) is 0. The Morgan fingerprint density at radius 3 is 3.12 bits per heavy atom. The summed E-state index contributed by atoms with van der Waals surface area (Å²) in [5.74, 6) is 0.708. The number of hydrogen-bond donors (Lipinski definition) is 1. The fraction of sp³-hybridized carbons (Fsp3) is 0.364. The van der Waals surface area contributed by atoms with Gasteiger partial charge in [0.2, 0.25) is 5.91 Å². The molecule has 1 aromatic rings. The molecule has 0 aromatic carbocycles. The molecule has 0 radical (unpaired) electrons. The summed E-state index contributed by atoms with van der Waals surface area (Å²) in [6.07, 6.45) is 9.71. The summed E-state index contributed by atoms with van der Waals surface area (Å²) < 4.78 is 0. The standard InChI is InChI=1S/C11H12ClN3O/c12-9-6-13-7-10(14-9)15-11(16)5-8-3-1-2-4-8/h1,3,6-8H,2,4-5H2,(H,14,15,16). The van der Waals surface area contributed by atoms with Crippen molar-refractivity contribution in [3.05, 3.63) is 29.7 Å². The van der Waals surface area contributed by atoms with Crippen LogP contribution in [0.3, 0.4) is 0 Å². The third-order valence-corrected chi connectivity index (χ3v) is 2.61. The Morgan fingerprint density at radius 2 is 2.44 bits per heavy atom. The van der Waals surface area contributed by atoms with Crippen molar-refractivity contribution in [2.75, 3.05) is 5.32 Å². The molecule has 2 rings (SSSR count). The Kier molecular flexibility index (Phi) is 3.51. The number of nitrogens with one attached hydrogen (secondary N) is 1. The highest BCUT2D eigenvalue weighted by Gasteiger charge is 2.14. The molecule has 1 N–H and O–H groups in total. The van der Waals surface area contributed by atoms with Gasteiger partial charge in [-0.2, -0.15) is 0 Å². The Morgan fingerprint density at radius 1 is 1.56 bits per heavy atom. The molecule has 1 aliphatic carbocycles. The van der Waals surface area contributed by atoms with Crippen LogP contribution < -0.4 is 5.32 Å². The molecule has 0 bridgehead atoms. The van der Waals surface area contributed by atoms with Crippen molar-refractivity contribution < 1.29 is 4.79 Å². The summed E-state index contributed by atoms with van der Waals surface area (Å²) in [6.45, 7) is 0. The molecule has 16 heavy (non-hydrogen) atoms. The van der Waals surface area contributed by atoms with Crippen molar-refractivity contribution in [3.8, 4) is 0 Å². The lowest BCUT2D eigenvalue weighted by molar-refractivity contribution is -0.116.